The number of rotatable bonds is 5. The van der Waals surface area contributed by atoms with Crippen LogP contribution in [-0.2, 0) is 4.74 Å². The molecule has 3 N–H and O–H groups in total. The van der Waals surface area contributed by atoms with Crippen molar-refractivity contribution in [3.05, 3.63) is 28.6 Å². The summed E-state index contributed by atoms with van der Waals surface area (Å²) < 4.78 is 6.14. The normalized spacial score (nSPS) is 12.6. The standard InChI is InChI=1S/C15H20N2O2S/c1-9(8-19-3)7-17-15(18)14-12(16)11-6-4-5-10(2)13(11)20-14/h4-6,9H,7-8,16H2,1-3H3,(H,17,18). The monoisotopic (exact) mass is 292 g/mol. The van der Waals surface area contributed by atoms with Crippen molar-refractivity contribution in [2.75, 3.05) is 26.0 Å². The third-order valence-electron chi connectivity index (χ3n) is 3.22. The number of methoxy groups -OCH3 is 1. The van der Waals surface area contributed by atoms with Crippen molar-refractivity contribution in [2.24, 2.45) is 5.92 Å². The Bertz CT molecular complexity index is 622. The lowest BCUT2D eigenvalue weighted by Gasteiger charge is -2.10. The second-order valence-electron chi connectivity index (χ2n) is 5.07. The summed E-state index contributed by atoms with van der Waals surface area (Å²) in [6, 6.07) is 5.95. The molecule has 0 fully saturated rings. The van der Waals surface area contributed by atoms with E-state index >= 15 is 0 Å². The van der Waals surface area contributed by atoms with Gasteiger partial charge in [-0.25, -0.2) is 0 Å². The van der Waals surface area contributed by atoms with Gasteiger partial charge in [-0.1, -0.05) is 25.1 Å². The van der Waals surface area contributed by atoms with Gasteiger partial charge in [0.05, 0.1) is 12.3 Å². The van der Waals surface area contributed by atoms with Gasteiger partial charge in [0.2, 0.25) is 0 Å². The van der Waals surface area contributed by atoms with Crippen molar-refractivity contribution in [1.82, 2.24) is 5.32 Å². The lowest BCUT2D eigenvalue weighted by Crippen LogP contribution is -2.29. The first-order valence-electron chi connectivity index (χ1n) is 6.59. The van der Waals surface area contributed by atoms with Crippen molar-refractivity contribution in [3.8, 4) is 0 Å². The Hall–Kier alpha value is -1.59. The maximum atomic E-state index is 12.2. The van der Waals surface area contributed by atoms with Crippen LogP contribution in [-0.4, -0.2) is 26.2 Å². The lowest BCUT2D eigenvalue weighted by molar-refractivity contribution is 0.0939. The summed E-state index contributed by atoms with van der Waals surface area (Å²) in [5, 5.41) is 3.88. The van der Waals surface area contributed by atoms with Crippen LogP contribution in [0.3, 0.4) is 0 Å². The first-order valence-corrected chi connectivity index (χ1v) is 7.41. The van der Waals surface area contributed by atoms with Gasteiger partial charge < -0.3 is 15.8 Å². The number of amides is 1. The van der Waals surface area contributed by atoms with Crippen LogP contribution >= 0.6 is 11.3 Å². The fraction of sp³-hybridized carbons (Fsp3) is 0.400. The lowest BCUT2D eigenvalue weighted by atomic mass is 10.1. The molecule has 1 aromatic heterocycles. The van der Waals surface area contributed by atoms with E-state index in [9.17, 15) is 4.79 Å². The summed E-state index contributed by atoms with van der Waals surface area (Å²) in [7, 11) is 1.66. The first kappa shape index (κ1) is 14.8. The average Bonchev–Trinajstić information content (AvgIpc) is 2.76. The molecule has 1 unspecified atom stereocenters. The number of carbonyl (C=O) groups is 1. The zero-order valence-electron chi connectivity index (χ0n) is 12.0. The number of anilines is 1. The van der Waals surface area contributed by atoms with E-state index in [2.05, 4.69) is 5.32 Å². The number of ether oxygens (including phenoxy) is 1. The predicted octanol–water partition coefficient (Wildman–Crippen LogP) is 2.80. The minimum Gasteiger partial charge on any atom is -0.397 e. The van der Waals surface area contributed by atoms with E-state index in [0.717, 1.165) is 15.6 Å². The molecule has 0 spiro atoms. The molecule has 2 aromatic rings. The number of nitrogen functional groups attached to an aromatic ring is 1. The predicted molar refractivity (Wildman–Crippen MR) is 84.3 cm³/mol. The number of aryl methyl sites for hydroxylation is 1. The zero-order chi connectivity index (χ0) is 14.7. The Morgan fingerprint density at radius 3 is 2.90 bits per heavy atom. The van der Waals surface area contributed by atoms with E-state index in [1.807, 2.05) is 32.0 Å². The summed E-state index contributed by atoms with van der Waals surface area (Å²) in [6.45, 7) is 5.27. The molecule has 0 radical (unpaired) electrons. The van der Waals surface area contributed by atoms with Crippen molar-refractivity contribution in [2.45, 2.75) is 13.8 Å². The third kappa shape index (κ3) is 2.94. The van der Waals surface area contributed by atoms with Gasteiger partial charge in [-0.3, -0.25) is 4.79 Å². The van der Waals surface area contributed by atoms with Crippen LogP contribution in [0, 0.1) is 12.8 Å². The zero-order valence-corrected chi connectivity index (χ0v) is 12.8. The van der Waals surface area contributed by atoms with Gasteiger partial charge in [-0.05, 0) is 18.4 Å². The minimum absolute atomic E-state index is 0.106. The number of benzene rings is 1. The van der Waals surface area contributed by atoms with Gasteiger partial charge in [0.25, 0.3) is 5.91 Å². The minimum atomic E-state index is -0.106. The molecule has 0 bridgehead atoms. The smallest absolute Gasteiger partial charge is 0.263 e. The Balaban J connectivity index is 2.18. The molecule has 1 heterocycles. The maximum absolute atomic E-state index is 12.2. The van der Waals surface area contributed by atoms with E-state index in [1.54, 1.807) is 7.11 Å². The van der Waals surface area contributed by atoms with E-state index < -0.39 is 0 Å². The second-order valence-corrected chi connectivity index (χ2v) is 6.09. The molecule has 1 amide bonds. The van der Waals surface area contributed by atoms with Crippen LogP contribution < -0.4 is 11.1 Å². The van der Waals surface area contributed by atoms with Gasteiger partial charge >= 0.3 is 0 Å². The summed E-state index contributed by atoms with van der Waals surface area (Å²) in [5.74, 6) is 0.173. The molecule has 0 aliphatic rings. The molecule has 0 aliphatic heterocycles. The summed E-state index contributed by atoms with van der Waals surface area (Å²) in [6.07, 6.45) is 0. The Morgan fingerprint density at radius 1 is 1.50 bits per heavy atom. The Labute approximate surface area is 122 Å². The molecule has 0 aliphatic carbocycles. The topological polar surface area (TPSA) is 64.3 Å². The maximum Gasteiger partial charge on any atom is 0.263 e. The molecule has 1 atom stereocenters. The molecule has 20 heavy (non-hydrogen) atoms. The SMILES string of the molecule is COCC(C)CNC(=O)c1sc2c(C)cccc2c1N. The summed E-state index contributed by atoms with van der Waals surface area (Å²) >= 11 is 1.46. The molecule has 108 valence electrons. The number of thiophene rings is 1. The molecular formula is C15H20N2O2S. The second kappa shape index (κ2) is 6.24. The number of nitrogens with two attached hydrogens (primary N) is 1. The third-order valence-corrected chi connectivity index (χ3v) is 4.57. The number of hydrogen-bond acceptors (Lipinski definition) is 4. The van der Waals surface area contributed by atoms with Crippen LogP contribution in [0.5, 0.6) is 0 Å². The van der Waals surface area contributed by atoms with Crippen LogP contribution in [0.1, 0.15) is 22.2 Å². The molecule has 2 rings (SSSR count). The van der Waals surface area contributed by atoms with Gasteiger partial charge in [0.15, 0.2) is 0 Å². The van der Waals surface area contributed by atoms with Crippen molar-refractivity contribution >= 4 is 33.0 Å². The number of fused-ring (bicyclic) bond motifs is 1. The highest BCUT2D eigenvalue weighted by Gasteiger charge is 2.17. The summed E-state index contributed by atoms with van der Waals surface area (Å²) in [4.78, 5) is 12.8. The van der Waals surface area contributed by atoms with Crippen LogP contribution in [0.15, 0.2) is 18.2 Å². The van der Waals surface area contributed by atoms with Gasteiger partial charge in [0.1, 0.15) is 4.88 Å². The largest absolute Gasteiger partial charge is 0.397 e. The fourth-order valence-electron chi connectivity index (χ4n) is 2.14. The van der Waals surface area contributed by atoms with Crippen LogP contribution in [0.4, 0.5) is 5.69 Å². The van der Waals surface area contributed by atoms with Crippen LogP contribution in [0.2, 0.25) is 0 Å². The quantitative estimate of drug-likeness (QED) is 0.890. The van der Waals surface area contributed by atoms with E-state index in [4.69, 9.17) is 10.5 Å². The fourth-order valence-corrected chi connectivity index (χ4v) is 3.24. The number of hydrogen-bond donors (Lipinski definition) is 2. The van der Waals surface area contributed by atoms with Crippen LogP contribution in [0.25, 0.3) is 10.1 Å². The van der Waals surface area contributed by atoms with E-state index in [0.29, 0.717) is 23.7 Å². The average molecular weight is 292 g/mol. The Kier molecular flexibility index (Phi) is 4.62. The molecule has 0 saturated heterocycles. The summed E-state index contributed by atoms with van der Waals surface area (Å²) in [5.41, 5.74) is 7.82. The van der Waals surface area contributed by atoms with Gasteiger partial charge in [-0.15, -0.1) is 11.3 Å². The van der Waals surface area contributed by atoms with Crippen molar-refractivity contribution in [1.29, 1.82) is 0 Å². The highest BCUT2D eigenvalue weighted by molar-refractivity contribution is 7.21. The van der Waals surface area contributed by atoms with E-state index in [-0.39, 0.29) is 11.8 Å². The van der Waals surface area contributed by atoms with Crippen molar-refractivity contribution in [3.63, 3.8) is 0 Å². The molecular weight excluding hydrogens is 272 g/mol. The van der Waals surface area contributed by atoms with E-state index in [1.165, 1.54) is 11.3 Å². The molecule has 1 aromatic carbocycles. The highest BCUT2D eigenvalue weighted by atomic mass is 32.1. The molecule has 0 saturated carbocycles. The first-order chi connectivity index (χ1) is 9.54. The Morgan fingerprint density at radius 2 is 2.25 bits per heavy atom. The molecule has 5 heteroatoms. The molecule has 4 nitrogen and oxygen atoms in total. The van der Waals surface area contributed by atoms with Gasteiger partial charge in [-0.2, -0.15) is 0 Å². The number of carbonyl (C=O) groups excluding carboxylic acids is 1. The van der Waals surface area contributed by atoms with Gasteiger partial charge in [0, 0.05) is 23.7 Å². The highest BCUT2D eigenvalue weighted by Crippen LogP contribution is 2.35. The number of nitrogens with one attached hydrogen (secondary N) is 1. The van der Waals surface area contributed by atoms with Crippen molar-refractivity contribution < 1.29 is 9.53 Å².